The predicted molar refractivity (Wildman–Crippen MR) is 128 cm³/mol. The van der Waals surface area contributed by atoms with Crippen LogP contribution < -0.4 is 10.6 Å². The lowest BCUT2D eigenvalue weighted by Gasteiger charge is -2.32. The number of amides is 2. The molecule has 8 heteroatoms. The Balaban J connectivity index is 1.23. The Bertz CT molecular complexity index is 1080. The molecule has 2 amide bonds. The van der Waals surface area contributed by atoms with Crippen LogP contribution in [0.2, 0.25) is 0 Å². The molecule has 3 N–H and O–H groups in total. The van der Waals surface area contributed by atoms with Crippen LogP contribution in [-0.2, 0) is 19.1 Å². The third kappa shape index (κ3) is 4.89. The average Bonchev–Trinajstić information content (AvgIpc) is 3.58. The summed E-state index contributed by atoms with van der Waals surface area (Å²) in [6.45, 7) is 0.750. The summed E-state index contributed by atoms with van der Waals surface area (Å²) in [5, 5.41) is 14.8. The van der Waals surface area contributed by atoms with E-state index in [0.717, 1.165) is 54.4 Å². The summed E-state index contributed by atoms with van der Waals surface area (Å²) in [6.07, 6.45) is 3.07. The summed E-state index contributed by atoms with van der Waals surface area (Å²) < 4.78 is 11.4. The van der Waals surface area contributed by atoms with E-state index in [0.29, 0.717) is 6.61 Å². The number of fused-ring (bicyclic) bond motifs is 3. The van der Waals surface area contributed by atoms with Gasteiger partial charge in [0.1, 0.15) is 12.6 Å². The largest absolute Gasteiger partial charge is 0.481 e. The molecule has 8 nitrogen and oxygen atoms in total. The highest BCUT2D eigenvalue weighted by atomic mass is 16.5. The summed E-state index contributed by atoms with van der Waals surface area (Å²) in [5.74, 6) is -1.83. The van der Waals surface area contributed by atoms with Crippen molar-refractivity contribution >= 4 is 18.0 Å². The van der Waals surface area contributed by atoms with Crippen LogP contribution in [0.5, 0.6) is 0 Å². The van der Waals surface area contributed by atoms with Gasteiger partial charge in [0, 0.05) is 12.5 Å². The number of nitrogens with one attached hydrogen (secondary N) is 2. The maximum atomic E-state index is 13.0. The second-order valence-corrected chi connectivity index (χ2v) is 9.62. The zero-order valence-electron chi connectivity index (χ0n) is 19.5. The van der Waals surface area contributed by atoms with Crippen LogP contribution in [0.4, 0.5) is 4.79 Å². The molecule has 1 saturated carbocycles. The zero-order valence-corrected chi connectivity index (χ0v) is 19.5. The highest BCUT2D eigenvalue weighted by molar-refractivity contribution is 5.90. The molecule has 35 heavy (non-hydrogen) atoms. The maximum Gasteiger partial charge on any atom is 0.407 e. The number of carbonyl (C=O) groups excluding carboxylic acids is 2. The highest BCUT2D eigenvalue weighted by Gasteiger charge is 2.52. The molecule has 0 spiro atoms. The van der Waals surface area contributed by atoms with Gasteiger partial charge in [0.2, 0.25) is 5.91 Å². The van der Waals surface area contributed by atoms with Crippen molar-refractivity contribution in [3.05, 3.63) is 59.7 Å². The van der Waals surface area contributed by atoms with Gasteiger partial charge < -0.3 is 25.2 Å². The van der Waals surface area contributed by atoms with E-state index in [1.165, 1.54) is 0 Å². The fraction of sp³-hybridized carbons (Fsp3) is 0.444. The van der Waals surface area contributed by atoms with Crippen LogP contribution in [0.25, 0.3) is 11.1 Å². The molecule has 2 unspecified atom stereocenters. The van der Waals surface area contributed by atoms with E-state index in [1.54, 1.807) is 0 Å². The van der Waals surface area contributed by atoms with Gasteiger partial charge in [-0.15, -0.1) is 0 Å². The van der Waals surface area contributed by atoms with Crippen molar-refractivity contribution in [2.24, 2.45) is 0 Å². The van der Waals surface area contributed by atoms with Crippen molar-refractivity contribution in [2.75, 3.05) is 13.2 Å². The van der Waals surface area contributed by atoms with E-state index in [2.05, 4.69) is 10.6 Å². The number of carboxylic acid groups (broad SMARTS) is 1. The van der Waals surface area contributed by atoms with Crippen molar-refractivity contribution in [1.29, 1.82) is 0 Å². The first-order valence-electron chi connectivity index (χ1n) is 12.2. The quantitative estimate of drug-likeness (QED) is 0.534. The lowest BCUT2D eigenvalue weighted by molar-refractivity contribution is -0.140. The van der Waals surface area contributed by atoms with Gasteiger partial charge >= 0.3 is 12.1 Å². The number of hydrogen-bond donors (Lipinski definition) is 3. The van der Waals surface area contributed by atoms with Gasteiger partial charge in [-0.05, 0) is 54.4 Å². The molecular formula is C27H30N2O6. The number of carboxylic acids is 1. The van der Waals surface area contributed by atoms with Gasteiger partial charge in [0.25, 0.3) is 0 Å². The highest BCUT2D eigenvalue weighted by Crippen LogP contribution is 2.45. The number of rotatable bonds is 8. The first-order valence-corrected chi connectivity index (χ1v) is 12.2. The van der Waals surface area contributed by atoms with Crippen LogP contribution in [0.15, 0.2) is 48.5 Å². The Kier molecular flexibility index (Phi) is 6.47. The lowest BCUT2D eigenvalue weighted by Crippen LogP contribution is -2.55. The van der Waals surface area contributed by atoms with Crippen molar-refractivity contribution < 1.29 is 29.0 Å². The summed E-state index contributed by atoms with van der Waals surface area (Å²) in [4.78, 5) is 37.1. The van der Waals surface area contributed by atoms with Crippen LogP contribution in [0, 0.1) is 0 Å². The van der Waals surface area contributed by atoms with Crippen LogP contribution >= 0.6 is 0 Å². The maximum absolute atomic E-state index is 13.0. The molecule has 2 aromatic carbocycles. The Hall–Kier alpha value is -3.39. The minimum atomic E-state index is -1.23. The van der Waals surface area contributed by atoms with Gasteiger partial charge in [0.05, 0.1) is 18.1 Å². The Morgan fingerprint density at radius 1 is 1.03 bits per heavy atom. The fourth-order valence-corrected chi connectivity index (χ4v) is 5.34. The summed E-state index contributed by atoms with van der Waals surface area (Å²) >= 11 is 0. The molecule has 2 aromatic rings. The average molecular weight is 479 g/mol. The van der Waals surface area contributed by atoms with Gasteiger partial charge in [-0.1, -0.05) is 48.5 Å². The molecule has 0 aromatic heterocycles. The Morgan fingerprint density at radius 3 is 2.26 bits per heavy atom. The number of aliphatic carboxylic acids is 1. The molecule has 1 aliphatic heterocycles. The van der Waals surface area contributed by atoms with E-state index in [-0.39, 0.29) is 18.6 Å². The number of carbonyl (C=O) groups is 3. The van der Waals surface area contributed by atoms with E-state index in [1.807, 2.05) is 48.5 Å². The van der Waals surface area contributed by atoms with Crippen molar-refractivity contribution in [3.8, 4) is 11.1 Å². The predicted octanol–water partition coefficient (Wildman–Crippen LogP) is 3.59. The Morgan fingerprint density at radius 2 is 1.69 bits per heavy atom. The van der Waals surface area contributed by atoms with Gasteiger partial charge in [-0.2, -0.15) is 0 Å². The van der Waals surface area contributed by atoms with Crippen molar-refractivity contribution in [3.63, 3.8) is 0 Å². The minimum absolute atomic E-state index is 0.0693. The smallest absolute Gasteiger partial charge is 0.407 e. The molecule has 2 atom stereocenters. The SMILES string of the molecule is O=C(O)CC(NC(=O)OCC1c2ccccc2-c2ccccc21)C(=O)NC1(C2CCCCO2)CC1. The van der Waals surface area contributed by atoms with Crippen LogP contribution in [0.3, 0.4) is 0 Å². The standard InChI is InChI=1S/C27H30N2O6/c30-24(31)15-22(25(32)29-27(12-13-27)23-11-5-6-14-34-23)28-26(33)35-16-21-19-9-3-1-7-17(19)18-8-2-4-10-20(18)21/h1-4,7-10,21-23H,5-6,11-16H2,(H,28,33)(H,29,32)(H,30,31). The summed E-state index contributed by atoms with van der Waals surface area (Å²) in [6, 6.07) is 14.8. The fourth-order valence-electron chi connectivity index (χ4n) is 5.34. The molecule has 3 aliphatic rings. The van der Waals surface area contributed by atoms with Gasteiger partial charge in [0.15, 0.2) is 0 Å². The van der Waals surface area contributed by atoms with Crippen molar-refractivity contribution in [2.45, 2.75) is 62.1 Å². The number of benzene rings is 2. The lowest BCUT2D eigenvalue weighted by atomic mass is 9.98. The first kappa shape index (κ1) is 23.4. The van der Waals surface area contributed by atoms with Gasteiger partial charge in [-0.25, -0.2) is 4.79 Å². The zero-order chi connectivity index (χ0) is 24.4. The third-order valence-corrected chi connectivity index (χ3v) is 7.29. The third-order valence-electron chi connectivity index (χ3n) is 7.29. The first-order chi connectivity index (χ1) is 17.0. The number of ether oxygens (including phenoxy) is 2. The van der Waals surface area contributed by atoms with E-state index < -0.39 is 36.0 Å². The molecule has 1 saturated heterocycles. The summed E-state index contributed by atoms with van der Waals surface area (Å²) in [7, 11) is 0. The normalized spacial score (nSPS) is 20.7. The topological polar surface area (TPSA) is 114 Å². The second-order valence-electron chi connectivity index (χ2n) is 9.62. The summed E-state index contributed by atoms with van der Waals surface area (Å²) in [5.41, 5.74) is 3.91. The molecule has 1 heterocycles. The monoisotopic (exact) mass is 478 g/mol. The second kappa shape index (κ2) is 9.70. The molecule has 184 valence electrons. The molecule has 0 bridgehead atoms. The molecule has 5 rings (SSSR count). The van der Waals surface area contributed by atoms with Gasteiger partial charge in [-0.3, -0.25) is 9.59 Å². The van der Waals surface area contributed by atoms with Crippen LogP contribution in [0.1, 0.15) is 55.6 Å². The molecule has 0 radical (unpaired) electrons. The molecule has 2 aliphatic carbocycles. The molecule has 2 fully saturated rings. The minimum Gasteiger partial charge on any atom is -0.481 e. The van der Waals surface area contributed by atoms with E-state index in [9.17, 15) is 19.5 Å². The number of alkyl carbamates (subject to hydrolysis) is 1. The Labute approximate surface area is 204 Å². The number of hydrogen-bond acceptors (Lipinski definition) is 5. The van der Waals surface area contributed by atoms with Crippen molar-refractivity contribution in [1.82, 2.24) is 10.6 Å². The van der Waals surface area contributed by atoms with E-state index in [4.69, 9.17) is 9.47 Å². The van der Waals surface area contributed by atoms with Crippen LogP contribution in [-0.4, -0.2) is 54.0 Å². The van der Waals surface area contributed by atoms with E-state index >= 15 is 0 Å². The molecular weight excluding hydrogens is 448 g/mol.